The van der Waals surface area contributed by atoms with Crippen LogP contribution in [0.25, 0.3) is 5.57 Å². The molecule has 0 spiro atoms. The molecule has 27 heavy (non-hydrogen) atoms. The van der Waals surface area contributed by atoms with E-state index in [2.05, 4.69) is 4.98 Å². The maximum absolute atomic E-state index is 12.1. The van der Waals surface area contributed by atoms with Crippen LogP contribution in [0.15, 0.2) is 66.9 Å². The minimum atomic E-state index is -0.367. The first-order valence-corrected chi connectivity index (χ1v) is 9.56. The lowest BCUT2D eigenvalue weighted by molar-refractivity contribution is -0.137. The van der Waals surface area contributed by atoms with Gasteiger partial charge in [-0.2, -0.15) is 0 Å². The number of carbonyl (C=O) groups is 1. The maximum Gasteiger partial charge on any atom is 0.331 e. The minimum Gasteiger partial charge on any atom is -0.489 e. The molecule has 0 radical (unpaired) electrons. The normalized spacial score (nSPS) is 11.3. The molecule has 0 saturated heterocycles. The van der Waals surface area contributed by atoms with E-state index in [1.807, 2.05) is 61.5 Å². The molecule has 3 aromatic rings. The van der Waals surface area contributed by atoms with E-state index in [-0.39, 0.29) is 5.97 Å². The van der Waals surface area contributed by atoms with Gasteiger partial charge in [0.05, 0.1) is 16.5 Å². The molecule has 0 aliphatic rings. The Bertz CT molecular complexity index is 931. The van der Waals surface area contributed by atoms with Crippen molar-refractivity contribution >= 4 is 22.9 Å². The highest BCUT2D eigenvalue weighted by Crippen LogP contribution is 2.30. The number of rotatable bonds is 7. The molecule has 0 unspecified atom stereocenters. The van der Waals surface area contributed by atoms with Crippen molar-refractivity contribution in [2.24, 2.45) is 0 Å². The summed E-state index contributed by atoms with van der Waals surface area (Å²) >= 11 is 1.54. The Morgan fingerprint density at radius 3 is 2.67 bits per heavy atom. The summed E-state index contributed by atoms with van der Waals surface area (Å²) in [5.74, 6) is 0.376. The van der Waals surface area contributed by atoms with Crippen molar-refractivity contribution in [2.75, 3.05) is 6.61 Å². The van der Waals surface area contributed by atoms with Crippen LogP contribution in [-0.2, 0) is 16.1 Å². The molecular formula is C22H21NO3S. The Balaban J connectivity index is 1.87. The van der Waals surface area contributed by atoms with Crippen LogP contribution in [0, 0.1) is 6.92 Å². The topological polar surface area (TPSA) is 48.4 Å². The lowest BCUT2D eigenvalue weighted by Crippen LogP contribution is -2.01. The van der Waals surface area contributed by atoms with Gasteiger partial charge >= 0.3 is 5.97 Å². The fourth-order valence-corrected chi connectivity index (χ4v) is 3.39. The molecule has 2 aromatic carbocycles. The highest BCUT2D eigenvalue weighted by Gasteiger charge is 2.12. The minimum absolute atomic E-state index is 0.338. The third-order valence-electron chi connectivity index (χ3n) is 3.83. The summed E-state index contributed by atoms with van der Waals surface area (Å²) < 4.78 is 11.0. The number of aryl methyl sites for hydroxylation is 1. The first-order valence-electron chi connectivity index (χ1n) is 8.74. The number of hydrogen-bond acceptors (Lipinski definition) is 5. The average Bonchev–Trinajstić information content (AvgIpc) is 3.12. The van der Waals surface area contributed by atoms with E-state index in [0.717, 1.165) is 32.3 Å². The van der Waals surface area contributed by atoms with E-state index in [9.17, 15) is 4.79 Å². The molecule has 5 heteroatoms. The fraction of sp³-hybridized carbons (Fsp3) is 0.182. The van der Waals surface area contributed by atoms with E-state index in [1.54, 1.807) is 13.1 Å². The lowest BCUT2D eigenvalue weighted by Gasteiger charge is -2.10. The number of esters is 1. The van der Waals surface area contributed by atoms with Gasteiger partial charge in [0, 0.05) is 17.8 Å². The first-order chi connectivity index (χ1) is 13.2. The zero-order valence-corrected chi connectivity index (χ0v) is 16.2. The summed E-state index contributed by atoms with van der Waals surface area (Å²) in [6.45, 7) is 4.56. The molecule has 0 N–H and O–H groups in total. The Hall–Kier alpha value is -2.92. The number of nitrogens with zero attached hydrogens (tertiary/aromatic N) is 1. The van der Waals surface area contributed by atoms with Crippen LogP contribution in [0.1, 0.15) is 27.9 Å². The third kappa shape index (κ3) is 5.28. The van der Waals surface area contributed by atoms with Crippen LogP contribution in [-0.4, -0.2) is 17.6 Å². The summed E-state index contributed by atoms with van der Waals surface area (Å²) in [4.78, 5) is 17.3. The maximum atomic E-state index is 12.1. The second-order valence-corrected chi connectivity index (χ2v) is 7.09. The molecule has 138 valence electrons. The molecule has 4 nitrogen and oxygen atoms in total. The Morgan fingerprint density at radius 1 is 1.15 bits per heavy atom. The van der Waals surface area contributed by atoms with E-state index < -0.39 is 0 Å². The number of thiazole rings is 1. The second-order valence-electron chi connectivity index (χ2n) is 5.86. The summed E-state index contributed by atoms with van der Waals surface area (Å²) in [5.41, 5.74) is 2.77. The van der Waals surface area contributed by atoms with Gasteiger partial charge in [-0.25, -0.2) is 9.78 Å². The smallest absolute Gasteiger partial charge is 0.331 e. The van der Waals surface area contributed by atoms with Gasteiger partial charge in [-0.15, -0.1) is 11.3 Å². The molecule has 1 aromatic heterocycles. The van der Waals surface area contributed by atoms with Gasteiger partial charge in [0.25, 0.3) is 0 Å². The Labute approximate surface area is 163 Å². The number of carbonyl (C=O) groups excluding carboxylic acids is 1. The quantitative estimate of drug-likeness (QED) is 0.427. The fourth-order valence-electron chi connectivity index (χ4n) is 2.58. The first kappa shape index (κ1) is 18.9. The predicted molar refractivity (Wildman–Crippen MR) is 108 cm³/mol. The van der Waals surface area contributed by atoms with Crippen molar-refractivity contribution < 1.29 is 14.3 Å². The Kier molecular flexibility index (Phi) is 6.39. The van der Waals surface area contributed by atoms with Gasteiger partial charge in [0.15, 0.2) is 0 Å². The number of hydrogen-bond donors (Lipinski definition) is 0. The van der Waals surface area contributed by atoms with Crippen molar-refractivity contribution in [1.82, 2.24) is 4.98 Å². The number of ether oxygens (including phenoxy) is 2. The van der Waals surface area contributed by atoms with Crippen LogP contribution < -0.4 is 4.74 Å². The van der Waals surface area contributed by atoms with Crippen LogP contribution >= 0.6 is 11.3 Å². The van der Waals surface area contributed by atoms with Gasteiger partial charge in [0.1, 0.15) is 12.4 Å². The van der Waals surface area contributed by atoms with E-state index >= 15 is 0 Å². The Morgan fingerprint density at radius 2 is 1.96 bits per heavy atom. The zero-order valence-electron chi connectivity index (χ0n) is 15.3. The summed E-state index contributed by atoms with van der Waals surface area (Å²) in [7, 11) is 0. The van der Waals surface area contributed by atoms with Crippen LogP contribution in [0.2, 0.25) is 0 Å². The van der Waals surface area contributed by atoms with Gasteiger partial charge in [-0.05, 0) is 37.1 Å². The van der Waals surface area contributed by atoms with Crippen molar-refractivity contribution in [2.45, 2.75) is 20.5 Å². The van der Waals surface area contributed by atoms with Crippen LogP contribution in [0.5, 0.6) is 5.75 Å². The average molecular weight is 379 g/mol. The second kappa shape index (κ2) is 9.14. The monoisotopic (exact) mass is 379 g/mol. The summed E-state index contributed by atoms with van der Waals surface area (Å²) in [6, 6.07) is 17.7. The lowest BCUT2D eigenvalue weighted by atomic mass is 10.0. The van der Waals surface area contributed by atoms with Crippen molar-refractivity contribution in [1.29, 1.82) is 0 Å². The van der Waals surface area contributed by atoms with Crippen LogP contribution in [0.3, 0.4) is 0 Å². The highest BCUT2D eigenvalue weighted by molar-refractivity contribution is 7.12. The molecule has 0 fully saturated rings. The van der Waals surface area contributed by atoms with Crippen molar-refractivity contribution in [3.05, 3.63) is 87.9 Å². The predicted octanol–water partition coefficient (Wildman–Crippen LogP) is 5.03. The largest absolute Gasteiger partial charge is 0.489 e. The van der Waals surface area contributed by atoms with E-state index in [0.29, 0.717) is 13.2 Å². The molecule has 0 aliphatic heterocycles. The zero-order chi connectivity index (χ0) is 19.1. The van der Waals surface area contributed by atoms with Gasteiger partial charge < -0.3 is 9.47 Å². The molecular weight excluding hydrogens is 358 g/mol. The standard InChI is InChI=1S/C22H21NO3S/c1-3-25-22(24)13-20(21-14-23-16(2)27-21)18-10-7-11-19(12-18)26-15-17-8-5-4-6-9-17/h4-14H,3,15H2,1-2H3/b20-13-. The van der Waals surface area contributed by atoms with E-state index in [1.165, 1.54) is 17.4 Å². The van der Waals surface area contributed by atoms with E-state index in [4.69, 9.17) is 9.47 Å². The molecule has 0 atom stereocenters. The molecule has 0 amide bonds. The van der Waals surface area contributed by atoms with Crippen LogP contribution in [0.4, 0.5) is 0 Å². The van der Waals surface area contributed by atoms with Crippen molar-refractivity contribution in [3.8, 4) is 5.75 Å². The summed E-state index contributed by atoms with van der Waals surface area (Å²) in [6.07, 6.45) is 3.30. The number of aromatic nitrogens is 1. The molecule has 0 aliphatic carbocycles. The summed E-state index contributed by atoms with van der Waals surface area (Å²) in [5, 5.41) is 0.941. The molecule has 3 rings (SSSR count). The van der Waals surface area contributed by atoms with Gasteiger partial charge in [-0.1, -0.05) is 42.5 Å². The van der Waals surface area contributed by atoms with Gasteiger partial charge in [-0.3, -0.25) is 0 Å². The molecule has 0 bridgehead atoms. The SMILES string of the molecule is CCOC(=O)/C=C(/c1cccc(OCc2ccccc2)c1)c1cnc(C)s1. The van der Waals surface area contributed by atoms with Crippen molar-refractivity contribution in [3.63, 3.8) is 0 Å². The third-order valence-corrected chi connectivity index (χ3v) is 4.77. The molecule has 0 saturated carbocycles. The number of benzene rings is 2. The highest BCUT2D eigenvalue weighted by atomic mass is 32.1. The molecule has 1 heterocycles. The van der Waals surface area contributed by atoms with Gasteiger partial charge in [0.2, 0.25) is 0 Å².